The van der Waals surface area contributed by atoms with E-state index in [-0.39, 0.29) is 0 Å². The molecule has 4 N–H and O–H groups in total. The Bertz CT molecular complexity index is 104. The summed E-state index contributed by atoms with van der Waals surface area (Å²) >= 11 is 4.90. The second-order valence-electron chi connectivity index (χ2n) is 1.85. The van der Waals surface area contributed by atoms with Crippen LogP contribution in [0.2, 0.25) is 0 Å². The van der Waals surface area contributed by atoms with Crippen LogP contribution in [0.4, 0.5) is 0 Å². The first-order valence-electron chi connectivity index (χ1n) is 3.21. The van der Waals surface area contributed by atoms with Gasteiger partial charge >= 0.3 is 0 Å². The van der Waals surface area contributed by atoms with Gasteiger partial charge in [0.15, 0.2) is 5.11 Å². The number of rotatable bonds is 2. The van der Waals surface area contributed by atoms with Crippen LogP contribution in [0.1, 0.15) is 13.8 Å². The van der Waals surface area contributed by atoms with Gasteiger partial charge in [-0.05, 0) is 26.1 Å². The van der Waals surface area contributed by atoms with E-state index < -0.39 is 0 Å². The van der Waals surface area contributed by atoms with Crippen LogP contribution >= 0.6 is 12.2 Å². The van der Waals surface area contributed by atoms with Gasteiger partial charge in [-0.2, -0.15) is 0 Å². The molecule has 0 aliphatic carbocycles. The maximum Gasteiger partial charge on any atom is 0.200 e. The van der Waals surface area contributed by atoms with E-state index in [1.807, 2.05) is 13.8 Å². The summed E-state index contributed by atoms with van der Waals surface area (Å²) in [5.74, 6) is 10.9. The van der Waals surface area contributed by atoms with Gasteiger partial charge in [0.25, 0.3) is 0 Å². The SMILES string of the molecule is CCN(N)C(=S)N(N)CC. The monoisotopic (exact) mass is 162 g/mol. The predicted molar refractivity (Wildman–Crippen MR) is 45.7 cm³/mol. The number of nitrogens with zero attached hydrogens (tertiary/aromatic N) is 2. The zero-order chi connectivity index (χ0) is 8.15. The van der Waals surface area contributed by atoms with Crippen LogP contribution in [0, 0.1) is 0 Å². The summed E-state index contributed by atoms with van der Waals surface area (Å²) in [5.41, 5.74) is 0. The third-order valence-corrected chi connectivity index (χ3v) is 1.64. The van der Waals surface area contributed by atoms with Gasteiger partial charge < -0.3 is 0 Å². The zero-order valence-electron chi connectivity index (χ0n) is 6.37. The van der Waals surface area contributed by atoms with E-state index >= 15 is 0 Å². The lowest BCUT2D eigenvalue weighted by atomic mass is 10.6. The molecule has 60 valence electrons. The zero-order valence-corrected chi connectivity index (χ0v) is 7.19. The molecule has 0 fully saturated rings. The highest BCUT2D eigenvalue weighted by Gasteiger charge is 2.05. The van der Waals surface area contributed by atoms with E-state index in [0.717, 1.165) is 0 Å². The van der Waals surface area contributed by atoms with Gasteiger partial charge in [0.1, 0.15) is 0 Å². The first-order valence-corrected chi connectivity index (χ1v) is 3.62. The fraction of sp³-hybridized carbons (Fsp3) is 0.800. The van der Waals surface area contributed by atoms with Crippen molar-refractivity contribution in [2.24, 2.45) is 11.7 Å². The van der Waals surface area contributed by atoms with Crippen LogP contribution in [0.15, 0.2) is 0 Å². The van der Waals surface area contributed by atoms with Crippen molar-refractivity contribution in [3.05, 3.63) is 0 Å². The topological polar surface area (TPSA) is 58.5 Å². The normalized spacial score (nSPS) is 9.20. The molecule has 0 heterocycles. The third kappa shape index (κ3) is 2.47. The summed E-state index contributed by atoms with van der Waals surface area (Å²) in [7, 11) is 0. The maximum atomic E-state index is 5.46. The molecule has 0 amide bonds. The lowest BCUT2D eigenvalue weighted by Crippen LogP contribution is -2.49. The number of hydrogen-bond donors (Lipinski definition) is 2. The average molecular weight is 162 g/mol. The quantitative estimate of drug-likeness (QED) is 0.330. The van der Waals surface area contributed by atoms with Crippen molar-refractivity contribution in [3.8, 4) is 0 Å². The Morgan fingerprint density at radius 3 is 1.70 bits per heavy atom. The highest BCUT2D eigenvalue weighted by molar-refractivity contribution is 7.80. The number of thiocarbonyl (C=S) groups is 1. The van der Waals surface area contributed by atoms with Crippen molar-refractivity contribution in [2.75, 3.05) is 13.1 Å². The Morgan fingerprint density at radius 2 is 1.50 bits per heavy atom. The third-order valence-electron chi connectivity index (χ3n) is 1.17. The summed E-state index contributed by atoms with van der Waals surface area (Å²) in [6, 6.07) is 0. The number of nitrogens with two attached hydrogens (primary N) is 2. The van der Waals surface area contributed by atoms with Crippen LogP contribution in [0.3, 0.4) is 0 Å². The van der Waals surface area contributed by atoms with Gasteiger partial charge in [-0.3, -0.25) is 10.0 Å². The summed E-state index contributed by atoms with van der Waals surface area (Å²) in [6.07, 6.45) is 0. The Labute approximate surface area is 66.7 Å². The highest BCUT2D eigenvalue weighted by Crippen LogP contribution is 1.87. The number of hydrogen-bond acceptors (Lipinski definition) is 3. The fourth-order valence-corrected chi connectivity index (χ4v) is 0.694. The largest absolute Gasteiger partial charge is 0.286 e. The van der Waals surface area contributed by atoms with Gasteiger partial charge in [0.05, 0.1) is 0 Å². The van der Waals surface area contributed by atoms with Gasteiger partial charge in [-0.25, -0.2) is 11.7 Å². The smallest absolute Gasteiger partial charge is 0.200 e. The van der Waals surface area contributed by atoms with Crippen molar-refractivity contribution >= 4 is 17.3 Å². The molecule has 0 saturated heterocycles. The molecule has 0 aromatic heterocycles. The second kappa shape index (κ2) is 4.43. The molecular formula is C5H14N4S. The Balaban J connectivity index is 3.82. The summed E-state index contributed by atoms with van der Waals surface area (Å²) in [6.45, 7) is 5.17. The van der Waals surface area contributed by atoms with Crippen molar-refractivity contribution in [3.63, 3.8) is 0 Å². The molecular weight excluding hydrogens is 148 g/mol. The first-order chi connectivity index (χ1) is 4.63. The molecule has 0 radical (unpaired) electrons. The van der Waals surface area contributed by atoms with Crippen LogP contribution in [0.5, 0.6) is 0 Å². The second-order valence-corrected chi connectivity index (χ2v) is 2.22. The van der Waals surface area contributed by atoms with E-state index in [9.17, 15) is 0 Å². The minimum absolute atomic E-state index is 0.477. The first kappa shape index (κ1) is 9.61. The Morgan fingerprint density at radius 1 is 1.20 bits per heavy atom. The molecule has 0 atom stereocenters. The minimum Gasteiger partial charge on any atom is -0.286 e. The highest BCUT2D eigenvalue weighted by atomic mass is 32.1. The van der Waals surface area contributed by atoms with E-state index in [2.05, 4.69) is 0 Å². The average Bonchev–Trinajstić information content (AvgIpc) is 2.00. The lowest BCUT2D eigenvalue weighted by molar-refractivity contribution is 0.359. The van der Waals surface area contributed by atoms with Crippen LogP contribution in [-0.4, -0.2) is 28.2 Å². The van der Waals surface area contributed by atoms with E-state index in [1.54, 1.807) is 0 Å². The molecule has 0 aliphatic heterocycles. The fourth-order valence-electron chi connectivity index (χ4n) is 0.436. The van der Waals surface area contributed by atoms with Crippen LogP contribution < -0.4 is 11.7 Å². The summed E-state index contributed by atoms with van der Waals surface area (Å²) in [5, 5.41) is 3.34. The van der Waals surface area contributed by atoms with Gasteiger partial charge in [-0.15, -0.1) is 0 Å². The van der Waals surface area contributed by atoms with E-state index in [4.69, 9.17) is 23.9 Å². The molecule has 5 heteroatoms. The van der Waals surface area contributed by atoms with Gasteiger partial charge in [-0.1, -0.05) is 0 Å². The predicted octanol–water partition coefficient (Wildman–Crippen LogP) is -0.338. The van der Waals surface area contributed by atoms with Crippen molar-refractivity contribution in [1.29, 1.82) is 0 Å². The van der Waals surface area contributed by atoms with Crippen LogP contribution in [0.25, 0.3) is 0 Å². The molecule has 0 unspecified atom stereocenters. The molecule has 0 aromatic carbocycles. The molecule has 0 saturated carbocycles. The van der Waals surface area contributed by atoms with Crippen molar-refractivity contribution in [2.45, 2.75) is 13.8 Å². The lowest BCUT2D eigenvalue weighted by Gasteiger charge is -2.24. The van der Waals surface area contributed by atoms with Crippen LogP contribution in [-0.2, 0) is 0 Å². The molecule has 0 spiro atoms. The van der Waals surface area contributed by atoms with E-state index in [0.29, 0.717) is 18.2 Å². The Hall–Kier alpha value is -0.390. The maximum absolute atomic E-state index is 5.46. The van der Waals surface area contributed by atoms with Crippen molar-refractivity contribution < 1.29 is 0 Å². The molecule has 0 bridgehead atoms. The Kier molecular flexibility index (Phi) is 4.26. The summed E-state index contributed by atoms with van der Waals surface area (Å²) in [4.78, 5) is 0. The summed E-state index contributed by atoms with van der Waals surface area (Å²) < 4.78 is 0. The molecule has 0 aliphatic rings. The minimum atomic E-state index is 0.477. The number of hydrazine groups is 2. The van der Waals surface area contributed by atoms with Gasteiger partial charge in [0, 0.05) is 13.1 Å². The molecule has 0 aromatic rings. The van der Waals surface area contributed by atoms with Gasteiger partial charge in [0.2, 0.25) is 0 Å². The molecule has 4 nitrogen and oxygen atoms in total. The van der Waals surface area contributed by atoms with Crippen molar-refractivity contribution in [1.82, 2.24) is 10.0 Å². The molecule has 0 rings (SSSR count). The van der Waals surface area contributed by atoms with E-state index in [1.165, 1.54) is 10.0 Å². The molecule has 10 heavy (non-hydrogen) atoms. The standard InChI is InChI=1S/C5H14N4S/c1-3-8(6)5(10)9(7)4-2/h3-4,6-7H2,1-2H3.